The minimum atomic E-state index is -0.717. The molecule has 2 heteroatoms. The van der Waals surface area contributed by atoms with E-state index in [9.17, 15) is 9.90 Å². The molecule has 1 aromatic rings. The Bertz CT molecular complexity index is 460. The number of carbonyl (C=O) groups excluding carboxylic acids is 1. The van der Waals surface area contributed by atoms with Crippen molar-refractivity contribution in [3.63, 3.8) is 0 Å². The number of hydrogen-bond acceptors (Lipinski definition) is 2. The molecule has 110 valence electrons. The van der Waals surface area contributed by atoms with Crippen molar-refractivity contribution in [3.8, 4) is 0 Å². The van der Waals surface area contributed by atoms with Crippen molar-refractivity contribution < 1.29 is 9.90 Å². The van der Waals surface area contributed by atoms with Gasteiger partial charge in [-0.05, 0) is 44.6 Å². The van der Waals surface area contributed by atoms with Crippen LogP contribution in [0.15, 0.2) is 30.3 Å². The van der Waals surface area contributed by atoms with Crippen molar-refractivity contribution in [1.29, 1.82) is 0 Å². The van der Waals surface area contributed by atoms with E-state index < -0.39 is 5.60 Å². The molecular weight excluding hydrogens is 248 g/mol. The SMILES string of the molecule is CC1(C)CCC[C@@](C)(O)C[C@H](Cc2ccccc2)C1=O. The second-order valence-corrected chi connectivity index (χ2v) is 7.19. The molecule has 1 saturated carbocycles. The minimum absolute atomic E-state index is 0.0808. The Balaban J connectivity index is 2.22. The second-order valence-electron chi connectivity index (χ2n) is 7.19. The Morgan fingerprint density at radius 3 is 2.45 bits per heavy atom. The fourth-order valence-electron chi connectivity index (χ4n) is 3.38. The summed E-state index contributed by atoms with van der Waals surface area (Å²) in [6, 6.07) is 10.1. The van der Waals surface area contributed by atoms with Crippen molar-refractivity contribution in [3.05, 3.63) is 35.9 Å². The molecule has 20 heavy (non-hydrogen) atoms. The molecular formula is C18H26O2. The first-order valence-electron chi connectivity index (χ1n) is 7.61. The first-order chi connectivity index (χ1) is 9.30. The average Bonchev–Trinajstić information content (AvgIpc) is 2.36. The van der Waals surface area contributed by atoms with Gasteiger partial charge in [-0.25, -0.2) is 0 Å². The number of rotatable bonds is 2. The maximum Gasteiger partial charge on any atom is 0.141 e. The van der Waals surface area contributed by atoms with E-state index in [1.165, 1.54) is 5.56 Å². The van der Waals surface area contributed by atoms with Crippen molar-refractivity contribution in [2.75, 3.05) is 0 Å². The summed E-state index contributed by atoms with van der Waals surface area (Å²) in [5, 5.41) is 10.5. The molecule has 0 amide bonds. The van der Waals surface area contributed by atoms with E-state index in [1.807, 2.05) is 39.0 Å². The lowest BCUT2D eigenvalue weighted by Gasteiger charge is -2.36. The van der Waals surface area contributed by atoms with E-state index in [1.54, 1.807) is 0 Å². The Hall–Kier alpha value is -1.15. The highest BCUT2D eigenvalue weighted by molar-refractivity contribution is 5.86. The van der Waals surface area contributed by atoms with E-state index in [-0.39, 0.29) is 11.3 Å². The zero-order valence-corrected chi connectivity index (χ0v) is 12.9. The quantitative estimate of drug-likeness (QED) is 0.891. The zero-order chi connectivity index (χ0) is 14.8. The average molecular weight is 274 g/mol. The summed E-state index contributed by atoms with van der Waals surface area (Å²) in [7, 11) is 0. The Kier molecular flexibility index (Phi) is 4.33. The van der Waals surface area contributed by atoms with Crippen LogP contribution in [0.25, 0.3) is 0 Å². The molecule has 2 nitrogen and oxygen atoms in total. The molecule has 0 spiro atoms. The van der Waals surface area contributed by atoms with E-state index in [0.717, 1.165) is 25.7 Å². The highest BCUT2D eigenvalue weighted by atomic mass is 16.3. The summed E-state index contributed by atoms with van der Waals surface area (Å²) in [6.07, 6.45) is 3.88. The van der Waals surface area contributed by atoms with Crippen molar-refractivity contribution >= 4 is 5.78 Å². The topological polar surface area (TPSA) is 37.3 Å². The molecule has 0 radical (unpaired) electrons. The third-order valence-corrected chi connectivity index (χ3v) is 4.57. The largest absolute Gasteiger partial charge is 0.390 e. The number of carbonyl (C=O) groups is 1. The summed E-state index contributed by atoms with van der Waals surface area (Å²) < 4.78 is 0. The van der Waals surface area contributed by atoms with Gasteiger partial charge in [-0.2, -0.15) is 0 Å². The Morgan fingerprint density at radius 2 is 1.80 bits per heavy atom. The van der Waals surface area contributed by atoms with Crippen LogP contribution in [0.4, 0.5) is 0 Å². The highest BCUT2D eigenvalue weighted by Crippen LogP contribution is 2.37. The fraction of sp³-hybridized carbons (Fsp3) is 0.611. The second kappa shape index (κ2) is 5.69. The number of hydrogen-bond donors (Lipinski definition) is 1. The van der Waals surface area contributed by atoms with Gasteiger partial charge in [-0.1, -0.05) is 44.2 Å². The molecule has 0 aromatic heterocycles. The van der Waals surface area contributed by atoms with Gasteiger partial charge in [0, 0.05) is 11.3 Å². The molecule has 1 aliphatic carbocycles. The fourth-order valence-corrected chi connectivity index (χ4v) is 3.38. The normalized spacial score (nSPS) is 30.6. The third-order valence-electron chi connectivity index (χ3n) is 4.57. The van der Waals surface area contributed by atoms with Crippen LogP contribution in [0.3, 0.4) is 0 Å². The first-order valence-corrected chi connectivity index (χ1v) is 7.61. The van der Waals surface area contributed by atoms with E-state index >= 15 is 0 Å². The molecule has 1 aliphatic rings. The maximum absolute atomic E-state index is 12.8. The molecule has 1 aromatic carbocycles. The van der Waals surface area contributed by atoms with Crippen LogP contribution in [-0.4, -0.2) is 16.5 Å². The zero-order valence-electron chi connectivity index (χ0n) is 12.9. The molecule has 0 aliphatic heterocycles. The maximum atomic E-state index is 12.8. The van der Waals surface area contributed by atoms with E-state index in [2.05, 4.69) is 12.1 Å². The molecule has 0 saturated heterocycles. The Morgan fingerprint density at radius 1 is 1.15 bits per heavy atom. The van der Waals surface area contributed by atoms with Crippen LogP contribution >= 0.6 is 0 Å². The lowest BCUT2D eigenvalue weighted by Crippen LogP contribution is -2.40. The van der Waals surface area contributed by atoms with Crippen LogP contribution in [0.1, 0.15) is 52.0 Å². The highest BCUT2D eigenvalue weighted by Gasteiger charge is 2.39. The summed E-state index contributed by atoms with van der Waals surface area (Å²) >= 11 is 0. The van der Waals surface area contributed by atoms with Gasteiger partial charge in [0.05, 0.1) is 5.60 Å². The third kappa shape index (κ3) is 3.69. The van der Waals surface area contributed by atoms with Gasteiger partial charge in [0.25, 0.3) is 0 Å². The van der Waals surface area contributed by atoms with Gasteiger partial charge in [0.15, 0.2) is 0 Å². The van der Waals surface area contributed by atoms with Gasteiger partial charge in [0.1, 0.15) is 5.78 Å². The molecule has 2 rings (SSSR count). The molecule has 1 N–H and O–H groups in total. The van der Waals surface area contributed by atoms with Crippen LogP contribution in [0, 0.1) is 11.3 Å². The Labute approximate surface area is 122 Å². The van der Waals surface area contributed by atoms with Crippen LogP contribution in [0.5, 0.6) is 0 Å². The molecule has 2 atom stereocenters. The number of benzene rings is 1. The predicted molar refractivity (Wildman–Crippen MR) is 81.5 cm³/mol. The van der Waals surface area contributed by atoms with Crippen LogP contribution in [0.2, 0.25) is 0 Å². The monoisotopic (exact) mass is 274 g/mol. The summed E-state index contributed by atoms with van der Waals surface area (Å²) in [5.74, 6) is 0.226. The van der Waals surface area contributed by atoms with Gasteiger partial charge in [0.2, 0.25) is 0 Å². The molecule has 1 fully saturated rings. The van der Waals surface area contributed by atoms with Gasteiger partial charge in [-0.15, -0.1) is 0 Å². The summed E-state index contributed by atoms with van der Waals surface area (Å²) in [5.41, 5.74) is 0.194. The van der Waals surface area contributed by atoms with Crippen molar-refractivity contribution in [2.24, 2.45) is 11.3 Å². The lowest BCUT2D eigenvalue weighted by molar-refractivity contribution is -0.135. The van der Waals surface area contributed by atoms with Crippen molar-refractivity contribution in [2.45, 2.75) is 58.5 Å². The molecule has 0 unspecified atom stereocenters. The van der Waals surface area contributed by atoms with Gasteiger partial charge < -0.3 is 5.11 Å². The van der Waals surface area contributed by atoms with E-state index in [0.29, 0.717) is 12.2 Å². The summed E-state index contributed by atoms with van der Waals surface area (Å²) in [4.78, 5) is 12.8. The minimum Gasteiger partial charge on any atom is -0.390 e. The molecule has 0 bridgehead atoms. The summed E-state index contributed by atoms with van der Waals surface area (Å²) in [6.45, 7) is 5.97. The number of Topliss-reactive ketones (excluding diaryl/α,β-unsaturated/α-hetero) is 1. The van der Waals surface area contributed by atoms with Crippen LogP contribution < -0.4 is 0 Å². The van der Waals surface area contributed by atoms with Gasteiger partial charge >= 0.3 is 0 Å². The smallest absolute Gasteiger partial charge is 0.141 e. The molecule has 0 heterocycles. The first kappa shape index (κ1) is 15.2. The number of ketones is 1. The van der Waals surface area contributed by atoms with E-state index in [4.69, 9.17) is 0 Å². The lowest BCUT2D eigenvalue weighted by atomic mass is 9.69. The predicted octanol–water partition coefficient (Wildman–Crippen LogP) is 3.77. The van der Waals surface area contributed by atoms with Crippen LogP contribution in [-0.2, 0) is 11.2 Å². The van der Waals surface area contributed by atoms with Gasteiger partial charge in [-0.3, -0.25) is 4.79 Å². The van der Waals surface area contributed by atoms with Crippen molar-refractivity contribution in [1.82, 2.24) is 0 Å². The standard InChI is InChI=1S/C18H26O2/c1-17(2)10-7-11-18(3,20)13-15(16(17)19)12-14-8-5-4-6-9-14/h4-6,8-9,15,20H,7,10-13H2,1-3H3/t15-,18+/m0/s1. The number of aliphatic hydroxyl groups is 1.